The van der Waals surface area contributed by atoms with E-state index in [0.717, 1.165) is 46.7 Å². The van der Waals surface area contributed by atoms with Crippen LogP contribution in [0.3, 0.4) is 0 Å². The molecule has 142 valence electrons. The van der Waals surface area contributed by atoms with Gasteiger partial charge in [0, 0.05) is 12.1 Å². The number of aryl methyl sites for hydroxylation is 3. The summed E-state index contributed by atoms with van der Waals surface area (Å²) in [4.78, 5) is 4.77. The Kier molecular flexibility index (Phi) is 5.11. The Morgan fingerprint density at radius 2 is 1.75 bits per heavy atom. The first-order chi connectivity index (χ1) is 13.6. The Balaban J connectivity index is 1.55. The van der Waals surface area contributed by atoms with E-state index in [1.807, 2.05) is 18.2 Å². The number of ether oxygens (including phenoxy) is 1. The van der Waals surface area contributed by atoms with E-state index in [4.69, 9.17) is 9.72 Å². The van der Waals surface area contributed by atoms with E-state index in [9.17, 15) is 4.39 Å². The van der Waals surface area contributed by atoms with Gasteiger partial charge in [-0.1, -0.05) is 24.3 Å². The van der Waals surface area contributed by atoms with Gasteiger partial charge in [0.1, 0.15) is 17.4 Å². The van der Waals surface area contributed by atoms with Gasteiger partial charge in [0.05, 0.1) is 17.6 Å². The molecule has 0 saturated heterocycles. The van der Waals surface area contributed by atoms with Gasteiger partial charge in [0.2, 0.25) is 0 Å². The van der Waals surface area contributed by atoms with Crippen LogP contribution in [0.5, 0.6) is 5.75 Å². The first-order valence-corrected chi connectivity index (χ1v) is 9.53. The Hall–Kier alpha value is -3.14. The number of halogens is 1. The summed E-state index contributed by atoms with van der Waals surface area (Å²) in [5.74, 6) is 1.55. The largest absolute Gasteiger partial charge is 0.493 e. The first-order valence-electron chi connectivity index (χ1n) is 9.53. The second-order valence-corrected chi connectivity index (χ2v) is 7.05. The van der Waals surface area contributed by atoms with Crippen LogP contribution in [-0.4, -0.2) is 16.2 Å². The van der Waals surface area contributed by atoms with Crippen molar-refractivity contribution >= 4 is 11.0 Å². The fourth-order valence-corrected chi connectivity index (χ4v) is 3.39. The molecule has 28 heavy (non-hydrogen) atoms. The zero-order valence-electron chi connectivity index (χ0n) is 16.2. The van der Waals surface area contributed by atoms with Gasteiger partial charge >= 0.3 is 0 Å². The molecule has 0 N–H and O–H groups in total. The number of fused-ring (bicyclic) bond motifs is 1. The number of nitrogens with zero attached hydrogens (tertiary/aromatic N) is 2. The van der Waals surface area contributed by atoms with Gasteiger partial charge in [-0.25, -0.2) is 9.37 Å². The van der Waals surface area contributed by atoms with E-state index >= 15 is 0 Å². The smallest absolute Gasteiger partial charge is 0.141 e. The van der Waals surface area contributed by atoms with Crippen molar-refractivity contribution in [1.29, 1.82) is 0 Å². The lowest BCUT2D eigenvalue weighted by Crippen LogP contribution is -2.06. The average molecular weight is 374 g/mol. The van der Waals surface area contributed by atoms with E-state index in [-0.39, 0.29) is 5.82 Å². The molecule has 0 aliphatic rings. The summed E-state index contributed by atoms with van der Waals surface area (Å²) in [6.45, 7) is 5.53. The quantitative estimate of drug-likeness (QED) is 0.391. The molecule has 0 aliphatic heterocycles. The van der Waals surface area contributed by atoms with Crippen molar-refractivity contribution in [1.82, 2.24) is 9.55 Å². The molecule has 0 amide bonds. The molecule has 3 nitrogen and oxygen atoms in total. The fraction of sp³-hybridized carbons (Fsp3) is 0.208. The third-order valence-electron chi connectivity index (χ3n) is 4.88. The van der Waals surface area contributed by atoms with Crippen LogP contribution in [0.1, 0.15) is 17.5 Å². The number of para-hydroxylation sites is 2. The van der Waals surface area contributed by atoms with Crippen molar-refractivity contribution in [2.24, 2.45) is 0 Å². The fourth-order valence-electron chi connectivity index (χ4n) is 3.39. The number of imidazole rings is 1. The number of benzene rings is 3. The Morgan fingerprint density at radius 1 is 0.964 bits per heavy atom. The lowest BCUT2D eigenvalue weighted by molar-refractivity contribution is 0.301. The first kappa shape index (κ1) is 18.2. The Bertz CT molecular complexity index is 1100. The molecule has 0 bridgehead atoms. The molecular weight excluding hydrogens is 351 g/mol. The highest BCUT2D eigenvalue weighted by molar-refractivity contribution is 5.80. The van der Waals surface area contributed by atoms with Crippen LogP contribution in [0.25, 0.3) is 22.4 Å². The van der Waals surface area contributed by atoms with E-state index in [1.54, 1.807) is 12.1 Å². The standard InChI is InChI=1S/C24H23FN2O/c1-17-8-9-18(2)23(16-17)28-15-5-14-27-22-7-4-3-6-21(22)26-24(27)19-10-12-20(25)13-11-19/h3-4,6-13,16H,5,14-15H2,1-2H3. The molecule has 4 aromatic rings. The van der Waals surface area contributed by atoms with E-state index in [2.05, 4.69) is 42.7 Å². The zero-order valence-corrected chi connectivity index (χ0v) is 16.2. The maximum Gasteiger partial charge on any atom is 0.141 e. The van der Waals surface area contributed by atoms with Crippen molar-refractivity contribution in [3.8, 4) is 17.1 Å². The molecule has 0 fully saturated rings. The van der Waals surface area contributed by atoms with Crippen LogP contribution in [-0.2, 0) is 6.54 Å². The van der Waals surface area contributed by atoms with Crippen molar-refractivity contribution < 1.29 is 9.13 Å². The summed E-state index contributed by atoms with van der Waals surface area (Å²) in [5, 5.41) is 0. The number of hydrogen-bond acceptors (Lipinski definition) is 2. The van der Waals surface area contributed by atoms with Crippen molar-refractivity contribution in [2.75, 3.05) is 6.61 Å². The maximum atomic E-state index is 13.3. The van der Waals surface area contributed by atoms with E-state index in [0.29, 0.717) is 6.61 Å². The third-order valence-corrected chi connectivity index (χ3v) is 4.88. The van der Waals surface area contributed by atoms with E-state index < -0.39 is 0 Å². The van der Waals surface area contributed by atoms with Gasteiger partial charge in [0.15, 0.2) is 0 Å². The van der Waals surface area contributed by atoms with Crippen LogP contribution < -0.4 is 4.74 Å². The number of hydrogen-bond donors (Lipinski definition) is 0. The number of aromatic nitrogens is 2. The molecule has 0 saturated carbocycles. The molecule has 0 atom stereocenters. The van der Waals surface area contributed by atoms with Gasteiger partial charge in [-0.2, -0.15) is 0 Å². The second kappa shape index (κ2) is 7.85. The minimum Gasteiger partial charge on any atom is -0.493 e. The summed E-state index contributed by atoms with van der Waals surface area (Å²) >= 11 is 0. The summed E-state index contributed by atoms with van der Waals surface area (Å²) in [6.07, 6.45) is 0.849. The predicted molar refractivity (Wildman–Crippen MR) is 111 cm³/mol. The third kappa shape index (κ3) is 3.77. The van der Waals surface area contributed by atoms with E-state index in [1.165, 1.54) is 17.7 Å². The molecule has 0 radical (unpaired) electrons. The Morgan fingerprint density at radius 3 is 2.57 bits per heavy atom. The van der Waals surface area contributed by atoms with Crippen LogP contribution in [0.15, 0.2) is 66.7 Å². The molecule has 4 heteroatoms. The summed E-state index contributed by atoms with van der Waals surface area (Å²) in [5.41, 5.74) is 5.27. The van der Waals surface area contributed by atoms with Crippen LogP contribution in [0.4, 0.5) is 4.39 Å². The predicted octanol–water partition coefficient (Wildman–Crippen LogP) is 5.93. The summed E-state index contributed by atoms with van der Waals surface area (Å²) in [6, 6.07) is 20.8. The molecule has 0 spiro atoms. The average Bonchev–Trinajstić information content (AvgIpc) is 3.07. The second-order valence-electron chi connectivity index (χ2n) is 7.05. The highest BCUT2D eigenvalue weighted by atomic mass is 19.1. The Labute approximate surface area is 164 Å². The summed E-state index contributed by atoms with van der Waals surface area (Å²) in [7, 11) is 0. The van der Waals surface area contributed by atoms with Crippen molar-refractivity contribution in [3.05, 3.63) is 83.7 Å². The van der Waals surface area contributed by atoms with Crippen LogP contribution in [0.2, 0.25) is 0 Å². The van der Waals surface area contributed by atoms with Crippen molar-refractivity contribution in [3.63, 3.8) is 0 Å². The van der Waals surface area contributed by atoms with Crippen LogP contribution >= 0.6 is 0 Å². The van der Waals surface area contributed by atoms with Crippen LogP contribution in [0, 0.1) is 19.7 Å². The molecule has 0 unspecified atom stereocenters. The highest BCUT2D eigenvalue weighted by Gasteiger charge is 2.12. The lowest BCUT2D eigenvalue weighted by Gasteiger charge is -2.12. The zero-order chi connectivity index (χ0) is 19.5. The van der Waals surface area contributed by atoms with Crippen molar-refractivity contribution in [2.45, 2.75) is 26.8 Å². The lowest BCUT2D eigenvalue weighted by atomic mass is 10.1. The molecule has 1 heterocycles. The SMILES string of the molecule is Cc1ccc(C)c(OCCCn2c(-c3ccc(F)cc3)nc3ccccc32)c1. The highest BCUT2D eigenvalue weighted by Crippen LogP contribution is 2.26. The van der Waals surface area contributed by atoms with Gasteiger partial charge in [-0.3, -0.25) is 0 Å². The summed E-state index contributed by atoms with van der Waals surface area (Å²) < 4.78 is 21.5. The van der Waals surface area contributed by atoms with Gasteiger partial charge < -0.3 is 9.30 Å². The topological polar surface area (TPSA) is 27.1 Å². The molecule has 3 aromatic carbocycles. The normalized spacial score (nSPS) is 11.1. The maximum absolute atomic E-state index is 13.3. The van der Waals surface area contributed by atoms with Gasteiger partial charge in [0.25, 0.3) is 0 Å². The molecule has 4 rings (SSSR count). The molecular formula is C24H23FN2O. The number of rotatable bonds is 6. The molecule has 0 aliphatic carbocycles. The monoisotopic (exact) mass is 374 g/mol. The minimum absolute atomic E-state index is 0.242. The van der Waals surface area contributed by atoms with Gasteiger partial charge in [-0.15, -0.1) is 0 Å². The minimum atomic E-state index is -0.242. The van der Waals surface area contributed by atoms with Gasteiger partial charge in [-0.05, 0) is 73.9 Å². The molecule has 1 aromatic heterocycles.